The van der Waals surface area contributed by atoms with E-state index in [1.807, 2.05) is 0 Å². The maximum absolute atomic E-state index is 14.7. The highest BCUT2D eigenvalue weighted by molar-refractivity contribution is 6.30. The van der Waals surface area contributed by atoms with Gasteiger partial charge in [0.2, 0.25) is 5.88 Å². The van der Waals surface area contributed by atoms with Gasteiger partial charge in [-0.2, -0.15) is 5.10 Å². The summed E-state index contributed by atoms with van der Waals surface area (Å²) in [4.78, 5) is 22.9. The van der Waals surface area contributed by atoms with E-state index in [9.17, 15) is 9.18 Å². The number of pyridine rings is 1. The summed E-state index contributed by atoms with van der Waals surface area (Å²) in [5, 5.41) is 4.97. The Morgan fingerprint density at radius 2 is 2.24 bits per heavy atom. The second-order valence-corrected chi connectivity index (χ2v) is 7.08. The van der Waals surface area contributed by atoms with E-state index >= 15 is 0 Å². The van der Waals surface area contributed by atoms with Crippen LogP contribution < -0.4 is 10.3 Å². The highest BCUT2D eigenvalue weighted by atomic mass is 35.5. The molecule has 8 nitrogen and oxygen atoms in total. The van der Waals surface area contributed by atoms with Crippen molar-refractivity contribution in [2.24, 2.45) is 0 Å². The lowest BCUT2D eigenvalue weighted by Crippen LogP contribution is -2.18. The highest BCUT2D eigenvalue weighted by Gasteiger charge is 2.22. The minimum Gasteiger partial charge on any atom is -0.434 e. The number of hydrogen-bond donors (Lipinski definition) is 1. The molecule has 1 N–H and O–H groups in total. The van der Waals surface area contributed by atoms with Gasteiger partial charge in [0.25, 0.3) is 5.56 Å². The van der Waals surface area contributed by atoms with E-state index in [0.29, 0.717) is 23.0 Å². The third kappa shape index (κ3) is 3.12. The number of fused-ring (bicyclic) bond motifs is 2. The summed E-state index contributed by atoms with van der Waals surface area (Å²) in [5.41, 5.74) is 0.488. The monoisotopic (exact) mass is 415 g/mol. The molecule has 148 valence electrons. The van der Waals surface area contributed by atoms with E-state index < -0.39 is 11.4 Å². The molecule has 1 unspecified atom stereocenters. The number of aromatic nitrogens is 5. The van der Waals surface area contributed by atoms with Gasteiger partial charge < -0.3 is 14.5 Å². The number of benzene rings is 1. The lowest BCUT2D eigenvalue weighted by molar-refractivity contribution is -0.0366. The van der Waals surface area contributed by atoms with E-state index in [0.717, 1.165) is 19.3 Å². The zero-order chi connectivity index (χ0) is 20.0. The molecule has 0 aliphatic carbocycles. The Hall–Kier alpha value is -3.04. The molecule has 0 bridgehead atoms. The summed E-state index contributed by atoms with van der Waals surface area (Å²) in [5.74, 6) is -0.837. The fourth-order valence-corrected chi connectivity index (χ4v) is 3.70. The summed E-state index contributed by atoms with van der Waals surface area (Å²) in [7, 11) is 0. The second kappa shape index (κ2) is 7.09. The molecule has 0 spiro atoms. The number of ether oxygens (including phenoxy) is 2. The Labute approximate surface area is 168 Å². The van der Waals surface area contributed by atoms with Gasteiger partial charge in [-0.15, -0.1) is 0 Å². The standard InChI is InChI=1S/C19H15ClFN5O3/c20-14-7-12-16(18(27)23-9-22-12)19(25-14)29-17-10-8-24-26(13(10)5-4-11(17)21)15-3-1-2-6-28-15/h4-5,7-9,15H,1-3,6H2,(H,22,23,27). The van der Waals surface area contributed by atoms with E-state index in [1.165, 1.54) is 24.7 Å². The van der Waals surface area contributed by atoms with Crippen LogP contribution in [0.3, 0.4) is 0 Å². The van der Waals surface area contributed by atoms with Crippen molar-refractivity contribution in [3.8, 4) is 11.6 Å². The molecule has 4 aromatic rings. The van der Waals surface area contributed by atoms with Crippen LogP contribution >= 0.6 is 11.6 Å². The maximum Gasteiger partial charge on any atom is 0.264 e. The highest BCUT2D eigenvalue weighted by Crippen LogP contribution is 2.36. The SMILES string of the molecule is O=c1[nH]cnc2cc(Cl)nc(Oc3c(F)ccc4c3cnn4C3CCCCO3)c12. The predicted molar refractivity (Wildman–Crippen MR) is 104 cm³/mol. The van der Waals surface area contributed by atoms with E-state index in [-0.39, 0.29) is 28.4 Å². The molecule has 1 aliphatic rings. The van der Waals surface area contributed by atoms with Crippen LogP contribution in [-0.4, -0.2) is 31.3 Å². The first-order chi connectivity index (χ1) is 14.1. The molecule has 1 atom stereocenters. The summed E-state index contributed by atoms with van der Waals surface area (Å²) < 4.78 is 28.0. The summed E-state index contributed by atoms with van der Waals surface area (Å²) in [6.45, 7) is 0.658. The van der Waals surface area contributed by atoms with Crippen LogP contribution in [0, 0.1) is 5.82 Å². The molecule has 10 heteroatoms. The Bertz CT molecular complexity index is 1280. The van der Waals surface area contributed by atoms with Crippen molar-refractivity contribution in [2.75, 3.05) is 6.61 Å². The quantitative estimate of drug-likeness (QED) is 0.509. The first-order valence-corrected chi connectivity index (χ1v) is 9.49. The summed E-state index contributed by atoms with van der Waals surface area (Å²) in [6.07, 6.45) is 5.42. The van der Waals surface area contributed by atoms with Crippen molar-refractivity contribution in [3.05, 3.63) is 52.0 Å². The molecule has 0 saturated carbocycles. The average molecular weight is 416 g/mol. The fourth-order valence-electron chi connectivity index (χ4n) is 3.52. The van der Waals surface area contributed by atoms with Crippen LogP contribution in [-0.2, 0) is 4.74 Å². The van der Waals surface area contributed by atoms with Crippen molar-refractivity contribution in [2.45, 2.75) is 25.5 Å². The molecule has 1 fully saturated rings. The Kier molecular flexibility index (Phi) is 4.40. The number of hydrogen-bond acceptors (Lipinski definition) is 6. The normalized spacial score (nSPS) is 17.1. The third-order valence-corrected chi connectivity index (χ3v) is 5.06. The van der Waals surface area contributed by atoms with Crippen molar-refractivity contribution in [1.82, 2.24) is 24.7 Å². The number of halogens is 2. The van der Waals surface area contributed by atoms with Gasteiger partial charge in [0, 0.05) is 12.7 Å². The zero-order valence-electron chi connectivity index (χ0n) is 15.1. The van der Waals surface area contributed by atoms with Crippen LogP contribution in [0.15, 0.2) is 35.5 Å². The lowest BCUT2D eigenvalue weighted by atomic mass is 10.2. The van der Waals surface area contributed by atoms with Gasteiger partial charge in [0.1, 0.15) is 10.5 Å². The molecule has 1 saturated heterocycles. The van der Waals surface area contributed by atoms with Crippen LogP contribution in [0.4, 0.5) is 4.39 Å². The lowest BCUT2D eigenvalue weighted by Gasteiger charge is -2.23. The molecule has 3 aromatic heterocycles. The Morgan fingerprint density at radius 1 is 1.34 bits per heavy atom. The molecule has 5 rings (SSSR count). The van der Waals surface area contributed by atoms with Gasteiger partial charge in [-0.3, -0.25) is 4.79 Å². The Balaban J connectivity index is 1.65. The smallest absolute Gasteiger partial charge is 0.264 e. The van der Waals surface area contributed by atoms with Crippen molar-refractivity contribution in [3.63, 3.8) is 0 Å². The van der Waals surface area contributed by atoms with Gasteiger partial charge in [0.15, 0.2) is 17.8 Å². The molecule has 0 radical (unpaired) electrons. The molecular weight excluding hydrogens is 401 g/mol. The minimum absolute atomic E-state index is 0.0736. The molecule has 1 aliphatic heterocycles. The average Bonchev–Trinajstić information content (AvgIpc) is 3.15. The van der Waals surface area contributed by atoms with E-state index in [4.69, 9.17) is 21.1 Å². The van der Waals surface area contributed by atoms with Gasteiger partial charge in [-0.05, 0) is 31.4 Å². The summed E-state index contributed by atoms with van der Waals surface area (Å²) >= 11 is 6.04. The van der Waals surface area contributed by atoms with Gasteiger partial charge in [0.05, 0.1) is 28.9 Å². The molecule has 0 amide bonds. The number of rotatable bonds is 3. The summed E-state index contributed by atoms with van der Waals surface area (Å²) in [6, 6.07) is 4.35. The van der Waals surface area contributed by atoms with E-state index in [1.54, 1.807) is 10.7 Å². The zero-order valence-corrected chi connectivity index (χ0v) is 15.8. The maximum atomic E-state index is 14.7. The number of aromatic amines is 1. The van der Waals surface area contributed by atoms with Crippen molar-refractivity contribution >= 4 is 33.4 Å². The van der Waals surface area contributed by atoms with Crippen molar-refractivity contribution < 1.29 is 13.9 Å². The van der Waals surface area contributed by atoms with Gasteiger partial charge in [-0.1, -0.05) is 11.6 Å². The van der Waals surface area contributed by atoms with Gasteiger partial charge >= 0.3 is 0 Å². The topological polar surface area (TPSA) is 94.9 Å². The molecular formula is C19H15ClFN5O3. The van der Waals surface area contributed by atoms with Gasteiger partial charge in [-0.25, -0.2) is 19.0 Å². The van der Waals surface area contributed by atoms with Crippen LogP contribution in [0.25, 0.3) is 21.8 Å². The Morgan fingerprint density at radius 3 is 3.07 bits per heavy atom. The third-order valence-electron chi connectivity index (χ3n) is 4.87. The molecule has 1 aromatic carbocycles. The first-order valence-electron chi connectivity index (χ1n) is 9.11. The van der Waals surface area contributed by atoms with Crippen LogP contribution in [0.5, 0.6) is 11.6 Å². The van der Waals surface area contributed by atoms with Crippen molar-refractivity contribution in [1.29, 1.82) is 0 Å². The molecule has 4 heterocycles. The first kappa shape index (κ1) is 18.0. The van der Waals surface area contributed by atoms with E-state index in [2.05, 4.69) is 20.1 Å². The second-order valence-electron chi connectivity index (χ2n) is 6.70. The predicted octanol–water partition coefficient (Wildman–Crippen LogP) is 3.95. The van der Waals surface area contributed by atoms with Crippen LogP contribution in [0.2, 0.25) is 5.15 Å². The minimum atomic E-state index is -0.614. The van der Waals surface area contributed by atoms with Crippen LogP contribution in [0.1, 0.15) is 25.5 Å². The largest absolute Gasteiger partial charge is 0.434 e. The number of nitrogens with zero attached hydrogens (tertiary/aromatic N) is 4. The number of H-pyrrole nitrogens is 1. The molecule has 29 heavy (non-hydrogen) atoms. The fraction of sp³-hybridized carbons (Fsp3) is 0.263. The number of nitrogens with one attached hydrogen (secondary N) is 1.